The summed E-state index contributed by atoms with van der Waals surface area (Å²) in [5.41, 5.74) is 5.49. The SMILES string of the molecule is O=C(NCC=Cc1ccc(F)c(Cl)c1)OCC1c2ccccc2-c2ccccc21. The van der Waals surface area contributed by atoms with Crippen molar-refractivity contribution in [1.82, 2.24) is 5.32 Å². The van der Waals surface area contributed by atoms with Crippen LogP contribution in [-0.2, 0) is 4.74 Å². The number of benzene rings is 3. The van der Waals surface area contributed by atoms with Gasteiger partial charge in [0.25, 0.3) is 0 Å². The molecule has 0 saturated carbocycles. The van der Waals surface area contributed by atoms with Gasteiger partial charge in [0.2, 0.25) is 0 Å². The number of carbonyl (C=O) groups is 1. The van der Waals surface area contributed by atoms with E-state index >= 15 is 0 Å². The van der Waals surface area contributed by atoms with Gasteiger partial charge in [0.1, 0.15) is 12.4 Å². The Balaban J connectivity index is 1.33. The molecule has 146 valence electrons. The standard InChI is InChI=1S/C24H19ClFNO2/c25-22-14-16(11-12-23(22)26)6-5-13-27-24(28)29-15-21-19-9-3-1-7-17(19)18-8-2-4-10-20(18)21/h1-12,14,21H,13,15H2,(H,27,28). The highest BCUT2D eigenvalue weighted by Crippen LogP contribution is 2.44. The fourth-order valence-electron chi connectivity index (χ4n) is 3.60. The first-order valence-electron chi connectivity index (χ1n) is 9.34. The Hall–Kier alpha value is -3.11. The first-order valence-corrected chi connectivity index (χ1v) is 9.71. The van der Waals surface area contributed by atoms with Crippen LogP contribution in [0.2, 0.25) is 5.02 Å². The minimum atomic E-state index is -0.478. The molecule has 0 unspecified atom stereocenters. The van der Waals surface area contributed by atoms with Crippen molar-refractivity contribution in [1.29, 1.82) is 0 Å². The number of alkyl carbamates (subject to hydrolysis) is 1. The van der Waals surface area contributed by atoms with E-state index in [-0.39, 0.29) is 17.5 Å². The Labute approximate surface area is 173 Å². The zero-order valence-electron chi connectivity index (χ0n) is 15.6. The molecule has 1 amide bonds. The van der Waals surface area contributed by atoms with Crippen LogP contribution in [0.5, 0.6) is 0 Å². The lowest BCUT2D eigenvalue weighted by Gasteiger charge is -2.14. The molecule has 3 aromatic rings. The zero-order chi connectivity index (χ0) is 20.2. The molecule has 0 heterocycles. The molecule has 0 spiro atoms. The van der Waals surface area contributed by atoms with Crippen molar-refractivity contribution in [2.75, 3.05) is 13.2 Å². The maximum Gasteiger partial charge on any atom is 0.407 e. The van der Waals surface area contributed by atoms with Crippen molar-refractivity contribution >= 4 is 23.8 Å². The molecule has 3 nitrogen and oxygen atoms in total. The predicted octanol–water partition coefficient (Wildman–Crippen LogP) is 6.03. The van der Waals surface area contributed by atoms with Crippen LogP contribution in [0.15, 0.2) is 72.8 Å². The number of amides is 1. The largest absolute Gasteiger partial charge is 0.449 e. The number of nitrogens with one attached hydrogen (secondary N) is 1. The van der Waals surface area contributed by atoms with Crippen LogP contribution in [0.1, 0.15) is 22.6 Å². The number of hydrogen-bond acceptors (Lipinski definition) is 2. The van der Waals surface area contributed by atoms with Gasteiger partial charge in [-0.25, -0.2) is 9.18 Å². The van der Waals surface area contributed by atoms with Crippen molar-refractivity contribution in [3.05, 3.63) is 100 Å². The molecule has 29 heavy (non-hydrogen) atoms. The molecule has 1 N–H and O–H groups in total. The second-order valence-electron chi connectivity index (χ2n) is 6.78. The van der Waals surface area contributed by atoms with Gasteiger partial charge in [-0.1, -0.05) is 78.4 Å². The highest BCUT2D eigenvalue weighted by atomic mass is 35.5. The first kappa shape index (κ1) is 19.2. The van der Waals surface area contributed by atoms with E-state index in [0.29, 0.717) is 6.54 Å². The number of fused-ring (bicyclic) bond motifs is 3. The highest BCUT2D eigenvalue weighted by molar-refractivity contribution is 6.30. The third kappa shape index (κ3) is 4.17. The average molecular weight is 408 g/mol. The van der Waals surface area contributed by atoms with E-state index in [1.54, 1.807) is 18.2 Å². The van der Waals surface area contributed by atoms with Gasteiger partial charge < -0.3 is 10.1 Å². The Morgan fingerprint density at radius 1 is 1.03 bits per heavy atom. The van der Waals surface area contributed by atoms with E-state index in [4.69, 9.17) is 16.3 Å². The van der Waals surface area contributed by atoms with Crippen LogP contribution in [-0.4, -0.2) is 19.2 Å². The fourth-order valence-corrected chi connectivity index (χ4v) is 3.79. The summed E-state index contributed by atoms with van der Waals surface area (Å²) in [6.45, 7) is 0.572. The number of rotatable bonds is 5. The average Bonchev–Trinajstić information content (AvgIpc) is 3.06. The fraction of sp³-hybridized carbons (Fsp3) is 0.125. The van der Waals surface area contributed by atoms with E-state index in [0.717, 1.165) is 5.56 Å². The molecule has 1 aliphatic carbocycles. The molecule has 0 bridgehead atoms. The Kier molecular flexibility index (Phi) is 5.63. The van der Waals surface area contributed by atoms with E-state index in [1.807, 2.05) is 24.3 Å². The van der Waals surface area contributed by atoms with Gasteiger partial charge in [-0.3, -0.25) is 0 Å². The van der Waals surface area contributed by atoms with Gasteiger partial charge in [0, 0.05) is 12.5 Å². The first-order chi connectivity index (χ1) is 14.1. The van der Waals surface area contributed by atoms with Crippen molar-refractivity contribution in [2.24, 2.45) is 0 Å². The lowest BCUT2D eigenvalue weighted by atomic mass is 9.98. The molecule has 0 radical (unpaired) electrons. The summed E-state index contributed by atoms with van der Waals surface area (Å²) in [4.78, 5) is 12.1. The molecule has 5 heteroatoms. The Morgan fingerprint density at radius 3 is 2.34 bits per heavy atom. The third-order valence-electron chi connectivity index (χ3n) is 4.96. The topological polar surface area (TPSA) is 38.3 Å². The normalized spacial score (nSPS) is 12.6. The number of halogens is 2. The van der Waals surface area contributed by atoms with Crippen LogP contribution in [0.4, 0.5) is 9.18 Å². The summed E-state index contributed by atoms with van der Waals surface area (Å²) in [5.74, 6) is -0.425. The number of carbonyl (C=O) groups excluding carboxylic acids is 1. The molecule has 3 aromatic carbocycles. The molecule has 0 atom stereocenters. The minimum Gasteiger partial charge on any atom is -0.449 e. The van der Waals surface area contributed by atoms with Gasteiger partial charge in [-0.2, -0.15) is 0 Å². The van der Waals surface area contributed by atoms with Crippen LogP contribution < -0.4 is 5.32 Å². The molecule has 4 rings (SSSR count). The Bertz CT molecular complexity index is 1030. The second-order valence-corrected chi connectivity index (χ2v) is 7.19. The van der Waals surface area contributed by atoms with E-state index in [2.05, 4.69) is 29.6 Å². The van der Waals surface area contributed by atoms with Gasteiger partial charge in [-0.15, -0.1) is 0 Å². The predicted molar refractivity (Wildman–Crippen MR) is 114 cm³/mol. The van der Waals surface area contributed by atoms with E-state index in [9.17, 15) is 9.18 Å². The van der Waals surface area contributed by atoms with Crippen LogP contribution in [0.25, 0.3) is 17.2 Å². The minimum absolute atomic E-state index is 0.0325. The number of ether oxygens (including phenoxy) is 1. The summed E-state index contributed by atoms with van der Waals surface area (Å²) in [7, 11) is 0. The van der Waals surface area contributed by atoms with Crippen molar-refractivity contribution in [3.8, 4) is 11.1 Å². The van der Waals surface area contributed by atoms with Crippen molar-refractivity contribution in [2.45, 2.75) is 5.92 Å². The van der Waals surface area contributed by atoms with E-state index < -0.39 is 11.9 Å². The summed E-state index contributed by atoms with van der Waals surface area (Å²) in [6, 6.07) is 20.9. The monoisotopic (exact) mass is 407 g/mol. The molecule has 0 saturated heterocycles. The third-order valence-corrected chi connectivity index (χ3v) is 5.25. The summed E-state index contributed by atoms with van der Waals surface area (Å²) < 4.78 is 18.6. The van der Waals surface area contributed by atoms with Gasteiger partial charge in [0.15, 0.2) is 0 Å². The van der Waals surface area contributed by atoms with Crippen LogP contribution >= 0.6 is 11.6 Å². The van der Waals surface area contributed by atoms with Crippen molar-refractivity contribution < 1.29 is 13.9 Å². The molecule has 1 aliphatic rings. The summed E-state index contributed by atoms with van der Waals surface area (Å²) in [5, 5.41) is 2.76. The van der Waals surface area contributed by atoms with Gasteiger partial charge in [-0.05, 0) is 39.9 Å². The molecular weight excluding hydrogens is 389 g/mol. The zero-order valence-corrected chi connectivity index (χ0v) is 16.3. The quantitative estimate of drug-likeness (QED) is 0.560. The smallest absolute Gasteiger partial charge is 0.407 e. The maximum absolute atomic E-state index is 13.2. The molecular formula is C24H19ClFNO2. The lowest BCUT2D eigenvalue weighted by molar-refractivity contribution is 0.144. The van der Waals surface area contributed by atoms with Crippen molar-refractivity contribution in [3.63, 3.8) is 0 Å². The summed E-state index contributed by atoms with van der Waals surface area (Å²) >= 11 is 5.75. The Morgan fingerprint density at radius 2 is 1.69 bits per heavy atom. The maximum atomic E-state index is 13.2. The molecule has 0 aliphatic heterocycles. The van der Waals surface area contributed by atoms with Crippen LogP contribution in [0.3, 0.4) is 0 Å². The number of hydrogen-bond donors (Lipinski definition) is 1. The molecule has 0 fully saturated rings. The van der Waals surface area contributed by atoms with Gasteiger partial charge in [0.05, 0.1) is 5.02 Å². The summed E-state index contributed by atoms with van der Waals surface area (Å²) in [6.07, 6.45) is 3.04. The molecule has 0 aromatic heterocycles. The van der Waals surface area contributed by atoms with Gasteiger partial charge >= 0.3 is 6.09 Å². The second kappa shape index (κ2) is 8.50. The van der Waals surface area contributed by atoms with Crippen LogP contribution in [0, 0.1) is 5.82 Å². The lowest BCUT2D eigenvalue weighted by Crippen LogP contribution is -2.26. The van der Waals surface area contributed by atoms with E-state index in [1.165, 1.54) is 34.4 Å². The highest BCUT2D eigenvalue weighted by Gasteiger charge is 2.28.